The summed E-state index contributed by atoms with van der Waals surface area (Å²) in [5.74, 6) is 0. The van der Waals surface area contributed by atoms with Gasteiger partial charge in [-0.1, -0.05) is 13.3 Å². The first kappa shape index (κ1) is 16.6. The summed E-state index contributed by atoms with van der Waals surface area (Å²) in [5, 5.41) is 4.77. The number of nitrogens with zero attached hydrogens (tertiary/aromatic N) is 1. The van der Waals surface area contributed by atoms with Crippen molar-refractivity contribution in [1.82, 2.24) is 10.3 Å². The molecule has 0 aliphatic carbocycles. The van der Waals surface area contributed by atoms with Crippen LogP contribution in [0.3, 0.4) is 0 Å². The Kier molecular flexibility index (Phi) is 6.97. The summed E-state index contributed by atoms with van der Waals surface area (Å²) in [6.45, 7) is 13.3. The Morgan fingerprint density at radius 2 is 1.95 bits per heavy atom. The van der Waals surface area contributed by atoms with Crippen LogP contribution in [0.5, 0.6) is 0 Å². The molecule has 19 heavy (non-hydrogen) atoms. The number of nitrogens with one attached hydrogen (secondary N) is 1. The summed E-state index contributed by atoms with van der Waals surface area (Å²) in [4.78, 5) is 6.16. The summed E-state index contributed by atoms with van der Waals surface area (Å²) < 4.78 is 5.41. The molecule has 0 radical (unpaired) electrons. The average molecular weight is 284 g/mol. The number of aromatic nitrogens is 1. The molecule has 1 rings (SSSR count). The van der Waals surface area contributed by atoms with Gasteiger partial charge in [-0.3, -0.25) is 0 Å². The summed E-state index contributed by atoms with van der Waals surface area (Å²) in [6.07, 6.45) is 3.16. The fourth-order valence-corrected chi connectivity index (χ4v) is 2.80. The third-order valence-corrected chi connectivity index (χ3v) is 3.91. The zero-order valence-corrected chi connectivity index (χ0v) is 13.8. The van der Waals surface area contributed by atoms with Crippen molar-refractivity contribution in [3.8, 4) is 0 Å². The molecule has 0 atom stereocenters. The Hall–Kier alpha value is -0.450. The Labute approximate surface area is 121 Å². The highest BCUT2D eigenvalue weighted by Gasteiger charge is 2.14. The summed E-state index contributed by atoms with van der Waals surface area (Å²) in [7, 11) is 0. The molecule has 1 aromatic rings. The number of thiazole rings is 1. The van der Waals surface area contributed by atoms with Gasteiger partial charge in [-0.25, -0.2) is 4.98 Å². The Bertz CT molecular complexity index is 369. The summed E-state index contributed by atoms with van der Waals surface area (Å²) in [6, 6.07) is 0. The quantitative estimate of drug-likeness (QED) is 0.741. The Balaban J connectivity index is 2.65. The van der Waals surface area contributed by atoms with Crippen LogP contribution in [-0.2, 0) is 24.1 Å². The van der Waals surface area contributed by atoms with Gasteiger partial charge in [-0.05, 0) is 34.1 Å². The zero-order valence-electron chi connectivity index (χ0n) is 13.0. The van der Waals surface area contributed by atoms with E-state index in [1.165, 1.54) is 15.6 Å². The fourth-order valence-electron chi connectivity index (χ4n) is 1.76. The van der Waals surface area contributed by atoms with E-state index >= 15 is 0 Å². The van der Waals surface area contributed by atoms with E-state index < -0.39 is 0 Å². The molecule has 0 aromatic carbocycles. The van der Waals surface area contributed by atoms with Crippen molar-refractivity contribution < 1.29 is 4.74 Å². The topological polar surface area (TPSA) is 34.1 Å². The summed E-state index contributed by atoms with van der Waals surface area (Å²) >= 11 is 1.84. The maximum atomic E-state index is 5.41. The standard InChI is InChI=1S/C15H28N2OS/c1-6-8-12-13(11-16-15(3,4)5)19-14(17-12)9-10-18-7-2/h16H,6-11H2,1-5H3. The number of ether oxygens (including phenoxy) is 1. The van der Waals surface area contributed by atoms with E-state index in [9.17, 15) is 0 Å². The molecule has 0 spiro atoms. The molecular weight excluding hydrogens is 256 g/mol. The molecule has 0 aliphatic heterocycles. The lowest BCUT2D eigenvalue weighted by Gasteiger charge is -2.20. The van der Waals surface area contributed by atoms with Crippen molar-refractivity contribution in [2.75, 3.05) is 13.2 Å². The second-order valence-electron chi connectivity index (χ2n) is 5.78. The van der Waals surface area contributed by atoms with Crippen LogP contribution >= 0.6 is 11.3 Å². The van der Waals surface area contributed by atoms with Gasteiger partial charge in [-0.15, -0.1) is 11.3 Å². The molecule has 4 heteroatoms. The molecule has 0 bridgehead atoms. The second kappa shape index (κ2) is 7.98. The first-order valence-electron chi connectivity index (χ1n) is 7.26. The van der Waals surface area contributed by atoms with Gasteiger partial charge < -0.3 is 10.1 Å². The molecule has 0 fully saturated rings. The predicted octanol–water partition coefficient (Wildman–Crippen LogP) is 3.56. The van der Waals surface area contributed by atoms with Crippen molar-refractivity contribution >= 4 is 11.3 Å². The molecule has 0 unspecified atom stereocenters. The van der Waals surface area contributed by atoms with Gasteiger partial charge in [0.1, 0.15) is 0 Å². The molecular formula is C15H28N2OS. The molecule has 110 valence electrons. The summed E-state index contributed by atoms with van der Waals surface area (Å²) in [5.41, 5.74) is 1.43. The van der Waals surface area contributed by atoms with E-state index in [0.717, 1.165) is 39.0 Å². The van der Waals surface area contributed by atoms with Crippen LogP contribution in [0, 0.1) is 0 Å². The van der Waals surface area contributed by atoms with E-state index in [4.69, 9.17) is 9.72 Å². The lowest BCUT2D eigenvalue weighted by Crippen LogP contribution is -2.35. The van der Waals surface area contributed by atoms with Crippen LogP contribution in [0.25, 0.3) is 0 Å². The van der Waals surface area contributed by atoms with Gasteiger partial charge in [-0.2, -0.15) is 0 Å². The van der Waals surface area contributed by atoms with Crippen LogP contribution in [0.15, 0.2) is 0 Å². The minimum absolute atomic E-state index is 0.152. The minimum atomic E-state index is 0.152. The number of hydrogen-bond donors (Lipinski definition) is 1. The van der Waals surface area contributed by atoms with E-state index in [0.29, 0.717) is 0 Å². The van der Waals surface area contributed by atoms with Gasteiger partial charge in [0.2, 0.25) is 0 Å². The van der Waals surface area contributed by atoms with Gasteiger partial charge in [0.15, 0.2) is 0 Å². The monoisotopic (exact) mass is 284 g/mol. The van der Waals surface area contributed by atoms with Crippen molar-refractivity contribution in [2.24, 2.45) is 0 Å². The fraction of sp³-hybridized carbons (Fsp3) is 0.800. The van der Waals surface area contributed by atoms with Crippen molar-refractivity contribution in [3.05, 3.63) is 15.6 Å². The third kappa shape index (κ3) is 6.50. The van der Waals surface area contributed by atoms with Gasteiger partial charge in [0, 0.05) is 30.0 Å². The highest BCUT2D eigenvalue weighted by atomic mass is 32.1. The van der Waals surface area contributed by atoms with Crippen LogP contribution in [0.1, 0.15) is 56.6 Å². The van der Waals surface area contributed by atoms with Gasteiger partial charge >= 0.3 is 0 Å². The van der Waals surface area contributed by atoms with Crippen molar-refractivity contribution in [3.63, 3.8) is 0 Å². The Morgan fingerprint density at radius 1 is 1.21 bits per heavy atom. The smallest absolute Gasteiger partial charge is 0.0954 e. The van der Waals surface area contributed by atoms with Crippen LogP contribution in [-0.4, -0.2) is 23.7 Å². The lowest BCUT2D eigenvalue weighted by molar-refractivity contribution is 0.151. The van der Waals surface area contributed by atoms with Gasteiger partial charge in [0.05, 0.1) is 17.3 Å². The molecule has 0 aliphatic rings. The average Bonchev–Trinajstić information content (AvgIpc) is 2.69. The highest BCUT2D eigenvalue weighted by Crippen LogP contribution is 2.21. The first-order chi connectivity index (χ1) is 8.96. The number of aryl methyl sites for hydroxylation is 1. The van der Waals surface area contributed by atoms with Crippen LogP contribution in [0.2, 0.25) is 0 Å². The molecule has 0 amide bonds. The highest BCUT2D eigenvalue weighted by molar-refractivity contribution is 7.11. The normalized spacial score (nSPS) is 12.1. The van der Waals surface area contributed by atoms with Crippen molar-refractivity contribution in [1.29, 1.82) is 0 Å². The van der Waals surface area contributed by atoms with Crippen LogP contribution in [0.4, 0.5) is 0 Å². The van der Waals surface area contributed by atoms with E-state index in [-0.39, 0.29) is 5.54 Å². The SMILES string of the molecule is CCCc1nc(CCOCC)sc1CNC(C)(C)C. The number of rotatable bonds is 8. The maximum absolute atomic E-state index is 5.41. The molecule has 3 nitrogen and oxygen atoms in total. The number of hydrogen-bond acceptors (Lipinski definition) is 4. The minimum Gasteiger partial charge on any atom is -0.381 e. The van der Waals surface area contributed by atoms with E-state index in [2.05, 4.69) is 33.0 Å². The molecule has 1 aromatic heterocycles. The predicted molar refractivity (Wildman–Crippen MR) is 82.9 cm³/mol. The Morgan fingerprint density at radius 3 is 2.53 bits per heavy atom. The first-order valence-corrected chi connectivity index (χ1v) is 8.08. The van der Waals surface area contributed by atoms with Gasteiger partial charge in [0.25, 0.3) is 0 Å². The van der Waals surface area contributed by atoms with E-state index in [1.54, 1.807) is 0 Å². The van der Waals surface area contributed by atoms with Crippen LogP contribution < -0.4 is 5.32 Å². The molecule has 1 N–H and O–H groups in total. The largest absolute Gasteiger partial charge is 0.381 e. The molecule has 0 saturated heterocycles. The zero-order chi connectivity index (χ0) is 14.3. The van der Waals surface area contributed by atoms with Crippen molar-refractivity contribution in [2.45, 2.75) is 66.0 Å². The lowest BCUT2D eigenvalue weighted by atomic mass is 10.1. The third-order valence-electron chi connectivity index (χ3n) is 2.75. The van der Waals surface area contributed by atoms with E-state index in [1.807, 2.05) is 18.3 Å². The maximum Gasteiger partial charge on any atom is 0.0954 e. The molecule has 0 saturated carbocycles. The second-order valence-corrected chi connectivity index (χ2v) is 6.95. The molecule has 1 heterocycles.